The predicted octanol–water partition coefficient (Wildman–Crippen LogP) is 4.12. The number of hydrogen-bond acceptors (Lipinski definition) is 5. The zero-order valence-corrected chi connectivity index (χ0v) is 17.2. The second-order valence-electron chi connectivity index (χ2n) is 7.99. The summed E-state index contributed by atoms with van der Waals surface area (Å²) in [6.45, 7) is 5.79. The SMILES string of the molecule is Cc1noc(C)c1CN1C(=O)C(C)Oc2ccc(NC(=O)C3CCCCC3)cc21. The van der Waals surface area contributed by atoms with E-state index in [-0.39, 0.29) is 17.7 Å². The van der Waals surface area contributed by atoms with Crippen molar-refractivity contribution in [2.45, 2.75) is 65.5 Å². The number of carbonyl (C=O) groups excluding carboxylic acids is 2. The van der Waals surface area contributed by atoms with Crippen molar-refractivity contribution >= 4 is 23.2 Å². The van der Waals surface area contributed by atoms with Crippen molar-refractivity contribution in [3.8, 4) is 5.75 Å². The van der Waals surface area contributed by atoms with E-state index in [2.05, 4.69) is 10.5 Å². The molecule has 0 saturated heterocycles. The third-order valence-electron chi connectivity index (χ3n) is 5.91. The molecule has 2 aliphatic rings. The largest absolute Gasteiger partial charge is 0.479 e. The fraction of sp³-hybridized carbons (Fsp3) is 0.500. The van der Waals surface area contributed by atoms with E-state index in [0.29, 0.717) is 29.4 Å². The molecule has 0 spiro atoms. The second kappa shape index (κ2) is 7.89. The first-order valence-corrected chi connectivity index (χ1v) is 10.3. The van der Waals surface area contributed by atoms with E-state index in [0.717, 1.165) is 36.9 Å². The molecular weight excluding hydrogens is 370 g/mol. The number of fused-ring (bicyclic) bond motifs is 1. The van der Waals surface area contributed by atoms with Gasteiger partial charge in [-0.3, -0.25) is 9.59 Å². The van der Waals surface area contributed by atoms with Crippen molar-refractivity contribution in [2.75, 3.05) is 10.2 Å². The molecule has 1 aromatic carbocycles. The molecule has 1 unspecified atom stereocenters. The molecule has 1 aromatic heterocycles. The van der Waals surface area contributed by atoms with Gasteiger partial charge in [0.25, 0.3) is 5.91 Å². The summed E-state index contributed by atoms with van der Waals surface area (Å²) in [7, 11) is 0. The molecule has 0 radical (unpaired) electrons. The summed E-state index contributed by atoms with van der Waals surface area (Å²) in [6, 6.07) is 5.46. The summed E-state index contributed by atoms with van der Waals surface area (Å²) >= 11 is 0. The van der Waals surface area contributed by atoms with Crippen molar-refractivity contribution in [3.63, 3.8) is 0 Å². The number of amides is 2. The monoisotopic (exact) mass is 397 g/mol. The fourth-order valence-corrected chi connectivity index (χ4v) is 4.14. The van der Waals surface area contributed by atoms with Gasteiger partial charge in [-0.15, -0.1) is 0 Å². The maximum atomic E-state index is 12.9. The normalized spacial score (nSPS) is 19.6. The molecule has 1 saturated carbocycles. The highest BCUT2D eigenvalue weighted by molar-refractivity contribution is 6.01. The second-order valence-corrected chi connectivity index (χ2v) is 7.99. The van der Waals surface area contributed by atoms with Gasteiger partial charge in [0, 0.05) is 17.2 Å². The van der Waals surface area contributed by atoms with Crippen LogP contribution in [0.4, 0.5) is 11.4 Å². The van der Waals surface area contributed by atoms with Gasteiger partial charge in [-0.05, 0) is 51.8 Å². The Morgan fingerprint density at radius 3 is 2.69 bits per heavy atom. The van der Waals surface area contributed by atoms with Crippen molar-refractivity contribution in [1.82, 2.24) is 5.16 Å². The Morgan fingerprint density at radius 1 is 1.24 bits per heavy atom. The van der Waals surface area contributed by atoms with E-state index in [4.69, 9.17) is 9.26 Å². The first-order valence-electron chi connectivity index (χ1n) is 10.3. The number of nitrogens with zero attached hydrogens (tertiary/aromatic N) is 2. The van der Waals surface area contributed by atoms with Gasteiger partial charge >= 0.3 is 0 Å². The highest BCUT2D eigenvalue weighted by Crippen LogP contribution is 2.38. The van der Waals surface area contributed by atoms with Crippen molar-refractivity contribution in [2.24, 2.45) is 5.92 Å². The molecule has 154 valence electrons. The lowest BCUT2D eigenvalue weighted by atomic mass is 9.88. The van der Waals surface area contributed by atoms with Gasteiger partial charge in [0.1, 0.15) is 11.5 Å². The number of ether oxygens (including phenoxy) is 1. The van der Waals surface area contributed by atoms with Crippen LogP contribution in [0.1, 0.15) is 56.0 Å². The number of rotatable bonds is 4. The fourth-order valence-electron chi connectivity index (χ4n) is 4.14. The zero-order chi connectivity index (χ0) is 20.5. The van der Waals surface area contributed by atoms with Gasteiger partial charge in [-0.25, -0.2) is 0 Å². The molecule has 1 aliphatic carbocycles. The standard InChI is InChI=1S/C22H27N3O4/c1-13-18(14(2)29-24-13)12-25-19-11-17(9-10-20(19)28-15(3)22(25)27)23-21(26)16-7-5-4-6-8-16/h9-11,15-16H,4-8,12H2,1-3H3,(H,23,26). The molecule has 7 heteroatoms. The van der Waals surface area contributed by atoms with Crippen LogP contribution in [0.5, 0.6) is 5.75 Å². The molecule has 2 amide bonds. The Hall–Kier alpha value is -2.83. The first-order chi connectivity index (χ1) is 13.9. The van der Waals surface area contributed by atoms with E-state index in [1.54, 1.807) is 11.8 Å². The molecule has 1 aliphatic heterocycles. The van der Waals surface area contributed by atoms with E-state index >= 15 is 0 Å². The minimum absolute atomic E-state index is 0.0540. The van der Waals surface area contributed by atoms with E-state index < -0.39 is 6.10 Å². The minimum Gasteiger partial charge on any atom is -0.479 e. The number of nitrogens with one attached hydrogen (secondary N) is 1. The summed E-state index contributed by atoms with van der Waals surface area (Å²) in [5, 5.41) is 7.02. The molecule has 4 rings (SSSR count). The summed E-state index contributed by atoms with van der Waals surface area (Å²) < 4.78 is 11.0. The predicted molar refractivity (Wildman–Crippen MR) is 109 cm³/mol. The van der Waals surface area contributed by atoms with Crippen LogP contribution in [-0.2, 0) is 16.1 Å². The smallest absolute Gasteiger partial charge is 0.268 e. The third kappa shape index (κ3) is 3.86. The molecule has 29 heavy (non-hydrogen) atoms. The van der Waals surface area contributed by atoms with Crippen LogP contribution in [0.15, 0.2) is 22.7 Å². The summed E-state index contributed by atoms with van der Waals surface area (Å²) in [5.41, 5.74) is 2.97. The Bertz CT molecular complexity index is 911. The lowest BCUT2D eigenvalue weighted by Gasteiger charge is -2.33. The lowest BCUT2D eigenvalue weighted by molar-refractivity contribution is -0.125. The third-order valence-corrected chi connectivity index (χ3v) is 5.91. The van der Waals surface area contributed by atoms with Crippen LogP contribution in [0.25, 0.3) is 0 Å². The average molecular weight is 397 g/mol. The van der Waals surface area contributed by atoms with Crippen LogP contribution in [0, 0.1) is 19.8 Å². The number of hydrogen-bond donors (Lipinski definition) is 1. The molecule has 2 aromatic rings. The Labute approximate surface area is 170 Å². The summed E-state index contributed by atoms with van der Waals surface area (Å²) in [4.78, 5) is 27.2. The quantitative estimate of drug-likeness (QED) is 0.839. The zero-order valence-electron chi connectivity index (χ0n) is 17.2. The minimum atomic E-state index is -0.578. The first kappa shape index (κ1) is 19.5. The molecular formula is C22H27N3O4. The Morgan fingerprint density at radius 2 is 2.00 bits per heavy atom. The van der Waals surface area contributed by atoms with Crippen molar-refractivity contribution < 1.29 is 18.8 Å². The van der Waals surface area contributed by atoms with Gasteiger partial charge < -0.3 is 19.5 Å². The molecule has 2 heterocycles. The van der Waals surface area contributed by atoms with Crippen molar-refractivity contribution in [3.05, 3.63) is 35.2 Å². The van der Waals surface area contributed by atoms with E-state index in [1.807, 2.05) is 32.0 Å². The van der Waals surface area contributed by atoms with Gasteiger partial charge in [0.15, 0.2) is 6.10 Å². The number of aryl methyl sites for hydroxylation is 2. The Kier molecular flexibility index (Phi) is 5.30. The van der Waals surface area contributed by atoms with Gasteiger partial charge in [0.2, 0.25) is 5.91 Å². The van der Waals surface area contributed by atoms with Crippen molar-refractivity contribution in [1.29, 1.82) is 0 Å². The van der Waals surface area contributed by atoms with Crippen LogP contribution in [-0.4, -0.2) is 23.1 Å². The molecule has 1 atom stereocenters. The van der Waals surface area contributed by atoms with Gasteiger partial charge in [-0.2, -0.15) is 0 Å². The van der Waals surface area contributed by atoms with Gasteiger partial charge in [-0.1, -0.05) is 24.4 Å². The van der Waals surface area contributed by atoms with Crippen LogP contribution in [0.3, 0.4) is 0 Å². The maximum absolute atomic E-state index is 12.9. The highest BCUT2D eigenvalue weighted by Gasteiger charge is 2.33. The number of carbonyl (C=O) groups is 2. The molecule has 0 bridgehead atoms. The molecule has 7 nitrogen and oxygen atoms in total. The van der Waals surface area contributed by atoms with E-state index in [9.17, 15) is 9.59 Å². The number of anilines is 2. The van der Waals surface area contributed by atoms with Crippen LogP contribution >= 0.6 is 0 Å². The average Bonchev–Trinajstić information content (AvgIpc) is 3.04. The summed E-state index contributed by atoms with van der Waals surface area (Å²) in [5.74, 6) is 1.31. The molecule has 1 fully saturated rings. The topological polar surface area (TPSA) is 84.7 Å². The number of benzene rings is 1. The lowest BCUT2D eigenvalue weighted by Crippen LogP contribution is -2.44. The summed E-state index contributed by atoms with van der Waals surface area (Å²) in [6.07, 6.45) is 4.71. The number of aromatic nitrogens is 1. The van der Waals surface area contributed by atoms with Gasteiger partial charge in [0.05, 0.1) is 17.9 Å². The van der Waals surface area contributed by atoms with E-state index in [1.165, 1.54) is 6.42 Å². The van der Waals surface area contributed by atoms with Crippen LogP contribution in [0.2, 0.25) is 0 Å². The molecule has 1 N–H and O–H groups in total. The highest BCUT2D eigenvalue weighted by atomic mass is 16.5. The van der Waals surface area contributed by atoms with Crippen LogP contribution < -0.4 is 15.0 Å². The Balaban J connectivity index is 1.61. The maximum Gasteiger partial charge on any atom is 0.268 e.